The van der Waals surface area contributed by atoms with Crippen molar-refractivity contribution in [1.82, 2.24) is 15.4 Å². The third kappa shape index (κ3) is 10.2. The van der Waals surface area contributed by atoms with E-state index in [1.807, 2.05) is 13.0 Å². The van der Waals surface area contributed by atoms with E-state index in [4.69, 9.17) is 0 Å². The third-order valence-corrected chi connectivity index (χ3v) is 4.44. The summed E-state index contributed by atoms with van der Waals surface area (Å²) in [5, 5.41) is 6.44. The van der Waals surface area contributed by atoms with Crippen LogP contribution in [0.1, 0.15) is 26.7 Å². The Morgan fingerprint density at radius 2 is 1.81 bits per heavy atom. The van der Waals surface area contributed by atoms with Crippen LogP contribution < -0.4 is 20.3 Å². The first kappa shape index (κ1) is 22.2. The number of guanidine groups is 1. The molecule has 3 N–H and O–H groups in total. The number of sulfonamides is 1. The average Bonchev–Trinajstić information content (AvgIpc) is 2.61. The number of anilines is 1. The van der Waals surface area contributed by atoms with Crippen LogP contribution >= 0.6 is 0 Å². The van der Waals surface area contributed by atoms with Gasteiger partial charge >= 0.3 is 0 Å². The van der Waals surface area contributed by atoms with Crippen LogP contribution in [0.25, 0.3) is 0 Å². The first-order valence-corrected chi connectivity index (χ1v) is 11.1. The van der Waals surface area contributed by atoms with Gasteiger partial charge in [0.2, 0.25) is 10.0 Å². The molecular formula is C18H33N5O2S. The summed E-state index contributed by atoms with van der Waals surface area (Å²) in [6.07, 6.45) is 2.84. The molecule has 0 heterocycles. The Kier molecular flexibility index (Phi) is 10.7. The molecule has 0 atom stereocenters. The van der Waals surface area contributed by atoms with Gasteiger partial charge in [0.25, 0.3) is 0 Å². The van der Waals surface area contributed by atoms with E-state index < -0.39 is 10.0 Å². The maximum atomic E-state index is 11.0. The largest absolute Gasteiger partial charge is 0.372 e. The van der Waals surface area contributed by atoms with Crippen LogP contribution in [0.3, 0.4) is 0 Å². The molecule has 0 aliphatic heterocycles. The predicted octanol–water partition coefficient (Wildman–Crippen LogP) is 1.40. The number of nitrogens with zero attached hydrogens (tertiary/aromatic N) is 2. The van der Waals surface area contributed by atoms with Crippen LogP contribution in [0.15, 0.2) is 35.3 Å². The van der Waals surface area contributed by atoms with Crippen molar-refractivity contribution in [3.63, 3.8) is 0 Å². The Balaban J connectivity index is 2.34. The molecule has 0 radical (unpaired) electrons. The van der Waals surface area contributed by atoms with Crippen molar-refractivity contribution in [2.75, 3.05) is 50.4 Å². The molecule has 0 aromatic heterocycles. The number of hydrogen-bond donors (Lipinski definition) is 3. The quantitative estimate of drug-likeness (QED) is 0.289. The van der Waals surface area contributed by atoms with Gasteiger partial charge in [0.1, 0.15) is 0 Å². The second-order valence-corrected chi connectivity index (χ2v) is 7.81. The fraction of sp³-hybridized carbons (Fsp3) is 0.611. The minimum Gasteiger partial charge on any atom is -0.372 e. The van der Waals surface area contributed by atoms with Crippen molar-refractivity contribution in [3.05, 3.63) is 30.3 Å². The first-order valence-electron chi connectivity index (χ1n) is 9.23. The zero-order chi connectivity index (χ0) is 19.3. The second kappa shape index (κ2) is 12.5. The lowest BCUT2D eigenvalue weighted by Gasteiger charge is -2.22. The maximum absolute atomic E-state index is 11.0. The minimum atomic E-state index is -3.11. The Morgan fingerprint density at radius 1 is 1.08 bits per heavy atom. The van der Waals surface area contributed by atoms with Gasteiger partial charge in [-0.1, -0.05) is 18.2 Å². The maximum Gasteiger partial charge on any atom is 0.208 e. The Bertz CT molecular complexity index is 620. The van der Waals surface area contributed by atoms with Gasteiger partial charge in [0.05, 0.1) is 6.26 Å². The van der Waals surface area contributed by atoms with Crippen LogP contribution in [-0.4, -0.2) is 59.9 Å². The van der Waals surface area contributed by atoms with Gasteiger partial charge in [-0.05, 0) is 38.8 Å². The van der Waals surface area contributed by atoms with Gasteiger partial charge in [-0.25, -0.2) is 13.1 Å². The van der Waals surface area contributed by atoms with Crippen molar-refractivity contribution in [3.8, 4) is 0 Å². The van der Waals surface area contributed by atoms with Crippen LogP contribution in [0.5, 0.6) is 0 Å². The summed E-state index contributed by atoms with van der Waals surface area (Å²) in [7, 11) is -3.11. The van der Waals surface area contributed by atoms with Gasteiger partial charge in [-0.3, -0.25) is 4.99 Å². The topological polar surface area (TPSA) is 85.8 Å². The summed E-state index contributed by atoms with van der Waals surface area (Å²) < 4.78 is 24.5. The smallest absolute Gasteiger partial charge is 0.208 e. The summed E-state index contributed by atoms with van der Waals surface area (Å²) >= 11 is 0. The number of aliphatic imine (C=N–C) groups is 1. The normalized spacial score (nSPS) is 12.0. The van der Waals surface area contributed by atoms with E-state index in [1.54, 1.807) is 0 Å². The highest BCUT2D eigenvalue weighted by molar-refractivity contribution is 7.88. The molecule has 0 saturated heterocycles. The summed E-state index contributed by atoms with van der Waals surface area (Å²) in [6.45, 7) is 8.73. The van der Waals surface area contributed by atoms with Gasteiger partial charge < -0.3 is 15.5 Å². The van der Waals surface area contributed by atoms with Crippen LogP contribution in [0.4, 0.5) is 5.69 Å². The minimum absolute atomic E-state index is 0.424. The SMILES string of the molecule is CCNC(=NCCCN(CC)c1ccccc1)NCCCNS(C)(=O)=O. The molecule has 0 spiro atoms. The van der Waals surface area contributed by atoms with Crippen molar-refractivity contribution in [2.24, 2.45) is 4.99 Å². The molecule has 148 valence electrons. The molecule has 8 heteroatoms. The van der Waals surface area contributed by atoms with Crippen molar-refractivity contribution in [1.29, 1.82) is 0 Å². The van der Waals surface area contributed by atoms with E-state index in [0.717, 1.165) is 38.6 Å². The monoisotopic (exact) mass is 383 g/mol. The molecule has 0 bridgehead atoms. The van der Waals surface area contributed by atoms with Crippen molar-refractivity contribution < 1.29 is 8.42 Å². The Hall–Kier alpha value is -1.80. The standard InChI is InChI=1S/C18H33N5O2S/c1-4-19-18(20-13-9-15-22-26(3,24)25)21-14-10-16-23(5-2)17-11-7-6-8-12-17/h6-8,11-12,22H,4-5,9-10,13-16H2,1-3H3,(H2,19,20,21). The molecule has 1 aromatic carbocycles. The molecule has 1 aromatic rings. The molecule has 0 unspecified atom stereocenters. The van der Waals surface area contributed by atoms with E-state index in [-0.39, 0.29) is 0 Å². The van der Waals surface area contributed by atoms with Crippen LogP contribution in [0, 0.1) is 0 Å². The number of para-hydroxylation sites is 1. The van der Waals surface area contributed by atoms with E-state index in [0.29, 0.717) is 19.5 Å². The van der Waals surface area contributed by atoms with E-state index in [2.05, 4.69) is 56.4 Å². The molecule has 7 nitrogen and oxygen atoms in total. The molecule has 0 fully saturated rings. The highest BCUT2D eigenvalue weighted by Gasteiger charge is 2.03. The van der Waals surface area contributed by atoms with Gasteiger partial charge in [-0.2, -0.15) is 0 Å². The summed E-state index contributed by atoms with van der Waals surface area (Å²) in [6, 6.07) is 10.4. The third-order valence-electron chi connectivity index (χ3n) is 3.71. The number of hydrogen-bond acceptors (Lipinski definition) is 4. The summed E-state index contributed by atoms with van der Waals surface area (Å²) in [5.41, 5.74) is 1.24. The van der Waals surface area contributed by atoms with Crippen molar-refractivity contribution in [2.45, 2.75) is 26.7 Å². The zero-order valence-corrected chi connectivity index (χ0v) is 17.0. The zero-order valence-electron chi connectivity index (χ0n) is 16.2. The predicted molar refractivity (Wildman–Crippen MR) is 110 cm³/mol. The molecule has 0 aliphatic carbocycles. The lowest BCUT2D eigenvalue weighted by molar-refractivity contribution is 0.584. The Morgan fingerprint density at radius 3 is 2.42 bits per heavy atom. The van der Waals surface area contributed by atoms with Crippen LogP contribution in [-0.2, 0) is 10.0 Å². The number of rotatable bonds is 12. The molecule has 26 heavy (non-hydrogen) atoms. The molecular weight excluding hydrogens is 350 g/mol. The van der Waals surface area contributed by atoms with Crippen LogP contribution in [0.2, 0.25) is 0 Å². The van der Waals surface area contributed by atoms with Gasteiger partial charge in [0.15, 0.2) is 5.96 Å². The number of benzene rings is 1. The van der Waals surface area contributed by atoms with E-state index >= 15 is 0 Å². The van der Waals surface area contributed by atoms with Crippen molar-refractivity contribution >= 4 is 21.7 Å². The van der Waals surface area contributed by atoms with E-state index in [1.165, 1.54) is 11.9 Å². The fourth-order valence-corrected chi connectivity index (χ4v) is 2.97. The molecule has 0 saturated carbocycles. The lowest BCUT2D eigenvalue weighted by atomic mass is 10.2. The lowest BCUT2D eigenvalue weighted by Crippen LogP contribution is -2.39. The molecule has 1 rings (SSSR count). The summed E-state index contributed by atoms with van der Waals surface area (Å²) in [4.78, 5) is 6.93. The first-order chi connectivity index (χ1) is 12.5. The molecule has 0 aliphatic rings. The fourth-order valence-electron chi connectivity index (χ4n) is 2.46. The summed E-state index contributed by atoms with van der Waals surface area (Å²) in [5.74, 6) is 0.773. The highest BCUT2D eigenvalue weighted by atomic mass is 32.2. The Labute approximate surface area is 158 Å². The number of nitrogens with one attached hydrogen (secondary N) is 3. The average molecular weight is 384 g/mol. The highest BCUT2D eigenvalue weighted by Crippen LogP contribution is 2.12. The van der Waals surface area contributed by atoms with E-state index in [9.17, 15) is 8.42 Å². The molecule has 0 amide bonds. The van der Waals surface area contributed by atoms with Gasteiger partial charge in [-0.15, -0.1) is 0 Å². The van der Waals surface area contributed by atoms with Gasteiger partial charge in [0, 0.05) is 45.0 Å². The second-order valence-electron chi connectivity index (χ2n) is 5.98.